The maximum atomic E-state index is 10.9. The Balaban J connectivity index is 2.49. The van der Waals surface area contributed by atoms with Gasteiger partial charge in [0.05, 0.1) is 21.6 Å². The Morgan fingerprint density at radius 2 is 2.18 bits per heavy atom. The Morgan fingerprint density at radius 3 is 2.76 bits per heavy atom. The van der Waals surface area contributed by atoms with Crippen LogP contribution < -0.4 is 0 Å². The van der Waals surface area contributed by atoms with Gasteiger partial charge < -0.3 is 0 Å². The van der Waals surface area contributed by atoms with Gasteiger partial charge in [0, 0.05) is 6.07 Å². The number of benzene rings is 1. The summed E-state index contributed by atoms with van der Waals surface area (Å²) in [6.45, 7) is 1.91. The van der Waals surface area contributed by atoms with E-state index in [1.54, 1.807) is 24.4 Å². The molecule has 0 aliphatic heterocycles. The highest BCUT2D eigenvalue weighted by Crippen LogP contribution is 2.24. The number of aromatic nitrogens is 3. The van der Waals surface area contributed by atoms with Crippen LogP contribution in [0.25, 0.3) is 5.69 Å². The van der Waals surface area contributed by atoms with Gasteiger partial charge in [-0.25, -0.2) is 4.68 Å². The van der Waals surface area contributed by atoms with Crippen LogP contribution in [0.3, 0.4) is 0 Å². The topological polar surface area (TPSA) is 73.8 Å². The van der Waals surface area contributed by atoms with Gasteiger partial charge in [0.15, 0.2) is 0 Å². The van der Waals surface area contributed by atoms with E-state index in [-0.39, 0.29) is 10.5 Å². The van der Waals surface area contributed by atoms with E-state index in [4.69, 9.17) is 0 Å². The molecule has 17 heavy (non-hydrogen) atoms. The highest BCUT2D eigenvalue weighted by molar-refractivity contribution is 9.09. The van der Waals surface area contributed by atoms with Gasteiger partial charge in [-0.15, -0.1) is 5.10 Å². The van der Waals surface area contributed by atoms with Gasteiger partial charge in [-0.05, 0) is 13.0 Å². The van der Waals surface area contributed by atoms with Crippen LogP contribution in [0.1, 0.15) is 17.4 Å². The third-order valence-corrected chi connectivity index (χ3v) is 2.71. The maximum absolute atomic E-state index is 10.9. The molecule has 0 aliphatic rings. The van der Waals surface area contributed by atoms with Crippen molar-refractivity contribution in [3.8, 4) is 5.69 Å². The summed E-state index contributed by atoms with van der Waals surface area (Å²) in [6.07, 6.45) is 1.67. The zero-order valence-corrected chi connectivity index (χ0v) is 10.5. The minimum Gasteiger partial charge on any atom is -0.258 e. The summed E-state index contributed by atoms with van der Waals surface area (Å²) in [4.78, 5) is 10.5. The lowest BCUT2D eigenvalue weighted by atomic mass is 10.2. The van der Waals surface area contributed by atoms with Crippen molar-refractivity contribution in [2.24, 2.45) is 0 Å². The Hall–Kier alpha value is -1.76. The van der Waals surface area contributed by atoms with Gasteiger partial charge >= 0.3 is 0 Å². The minimum atomic E-state index is -0.436. The van der Waals surface area contributed by atoms with Crippen LogP contribution in [0.5, 0.6) is 0 Å². The van der Waals surface area contributed by atoms with Crippen LogP contribution in [0.15, 0.2) is 30.5 Å². The number of hydrogen-bond donors (Lipinski definition) is 0. The molecule has 1 atom stereocenters. The van der Waals surface area contributed by atoms with E-state index in [9.17, 15) is 10.1 Å². The largest absolute Gasteiger partial charge is 0.294 e. The van der Waals surface area contributed by atoms with Gasteiger partial charge in [-0.2, -0.15) is 0 Å². The first-order valence-electron chi connectivity index (χ1n) is 4.89. The molecular formula is C10H9BrN4O2. The highest BCUT2D eigenvalue weighted by atomic mass is 79.9. The first-order chi connectivity index (χ1) is 8.09. The molecule has 0 radical (unpaired) electrons. The molecule has 88 valence electrons. The van der Waals surface area contributed by atoms with E-state index in [1.807, 2.05) is 6.92 Å². The van der Waals surface area contributed by atoms with Crippen LogP contribution in [0.2, 0.25) is 0 Å². The van der Waals surface area contributed by atoms with Crippen LogP contribution in [-0.2, 0) is 0 Å². The molecule has 1 aromatic heterocycles. The normalized spacial score (nSPS) is 12.4. The summed E-state index contributed by atoms with van der Waals surface area (Å²) in [5, 5.41) is 18.7. The molecule has 6 nitrogen and oxygen atoms in total. The third-order valence-electron chi connectivity index (χ3n) is 2.24. The molecule has 2 rings (SSSR count). The fraction of sp³-hybridized carbons (Fsp3) is 0.200. The smallest absolute Gasteiger partial charge is 0.258 e. The molecule has 1 unspecified atom stereocenters. The Bertz CT molecular complexity index is 553. The summed E-state index contributed by atoms with van der Waals surface area (Å²) in [5.74, 6) is 0. The van der Waals surface area contributed by atoms with Crippen molar-refractivity contribution < 1.29 is 4.92 Å². The predicted molar refractivity (Wildman–Crippen MR) is 65.4 cm³/mol. The van der Waals surface area contributed by atoms with E-state index in [0.717, 1.165) is 5.69 Å². The number of nitro groups is 1. The van der Waals surface area contributed by atoms with Crippen molar-refractivity contribution >= 4 is 21.6 Å². The number of nitro benzene ring substituents is 1. The molecule has 1 aromatic carbocycles. The molecule has 0 saturated heterocycles. The van der Waals surface area contributed by atoms with Crippen molar-refractivity contribution in [2.75, 3.05) is 0 Å². The Morgan fingerprint density at radius 1 is 1.47 bits per heavy atom. The summed E-state index contributed by atoms with van der Waals surface area (Å²) >= 11 is 3.37. The van der Waals surface area contributed by atoms with E-state index in [1.165, 1.54) is 10.7 Å². The van der Waals surface area contributed by atoms with Gasteiger partial charge in [-0.3, -0.25) is 10.1 Å². The molecule has 0 saturated carbocycles. The van der Waals surface area contributed by atoms with Gasteiger partial charge in [-0.1, -0.05) is 33.3 Å². The molecule has 0 spiro atoms. The van der Waals surface area contributed by atoms with Crippen molar-refractivity contribution in [3.63, 3.8) is 0 Å². The van der Waals surface area contributed by atoms with Crippen molar-refractivity contribution in [1.29, 1.82) is 0 Å². The van der Waals surface area contributed by atoms with Gasteiger partial charge in [0.2, 0.25) is 0 Å². The summed E-state index contributed by atoms with van der Waals surface area (Å²) in [7, 11) is 0. The number of halogens is 1. The van der Waals surface area contributed by atoms with E-state index < -0.39 is 4.92 Å². The monoisotopic (exact) mass is 296 g/mol. The fourth-order valence-corrected chi connectivity index (χ4v) is 1.60. The Kier molecular flexibility index (Phi) is 3.19. The second-order valence-electron chi connectivity index (χ2n) is 3.45. The predicted octanol–water partition coefficient (Wildman–Crippen LogP) is 2.63. The lowest BCUT2D eigenvalue weighted by molar-refractivity contribution is -0.384. The minimum absolute atomic E-state index is 0.00572. The van der Waals surface area contributed by atoms with Gasteiger partial charge in [0.25, 0.3) is 5.69 Å². The molecule has 7 heteroatoms. The second kappa shape index (κ2) is 4.62. The van der Waals surface area contributed by atoms with Gasteiger partial charge in [0.1, 0.15) is 5.69 Å². The van der Waals surface area contributed by atoms with Crippen LogP contribution >= 0.6 is 15.9 Å². The molecule has 0 fully saturated rings. The zero-order valence-electron chi connectivity index (χ0n) is 8.95. The van der Waals surface area contributed by atoms with E-state index in [2.05, 4.69) is 26.2 Å². The molecular weight excluding hydrogens is 288 g/mol. The van der Waals surface area contributed by atoms with E-state index >= 15 is 0 Å². The fourth-order valence-electron chi connectivity index (χ4n) is 1.39. The molecule has 0 bridgehead atoms. The van der Waals surface area contributed by atoms with Crippen LogP contribution in [0, 0.1) is 10.1 Å². The standard InChI is InChI=1S/C10H9BrN4O2/c1-7(11)8-6-14(13-12-8)9-4-2-3-5-10(9)15(16)17/h2-7H,1H3. The molecule has 1 heterocycles. The quantitative estimate of drug-likeness (QED) is 0.496. The van der Waals surface area contributed by atoms with Crippen molar-refractivity contribution in [1.82, 2.24) is 15.0 Å². The lowest BCUT2D eigenvalue weighted by Gasteiger charge is -2.00. The summed E-state index contributed by atoms with van der Waals surface area (Å²) in [5.41, 5.74) is 1.14. The first kappa shape index (κ1) is 11.7. The average Bonchev–Trinajstić information content (AvgIpc) is 2.78. The van der Waals surface area contributed by atoms with E-state index in [0.29, 0.717) is 5.69 Å². The molecule has 0 aliphatic carbocycles. The average molecular weight is 297 g/mol. The highest BCUT2D eigenvalue weighted by Gasteiger charge is 2.16. The van der Waals surface area contributed by atoms with Crippen LogP contribution in [0.4, 0.5) is 5.69 Å². The number of hydrogen-bond acceptors (Lipinski definition) is 4. The number of alkyl halides is 1. The number of rotatable bonds is 3. The lowest BCUT2D eigenvalue weighted by Crippen LogP contribution is -2.00. The van der Waals surface area contributed by atoms with Crippen molar-refractivity contribution in [2.45, 2.75) is 11.8 Å². The number of nitrogens with zero attached hydrogens (tertiary/aromatic N) is 4. The molecule has 0 amide bonds. The Labute approximate surface area is 106 Å². The van der Waals surface area contributed by atoms with Crippen LogP contribution in [-0.4, -0.2) is 19.9 Å². The van der Waals surface area contributed by atoms with Crippen molar-refractivity contribution in [3.05, 3.63) is 46.3 Å². The number of para-hydroxylation sites is 2. The molecule has 2 aromatic rings. The first-order valence-corrected chi connectivity index (χ1v) is 5.81. The maximum Gasteiger partial charge on any atom is 0.294 e. The zero-order chi connectivity index (χ0) is 12.4. The summed E-state index contributed by atoms with van der Waals surface area (Å²) < 4.78 is 1.41. The summed E-state index contributed by atoms with van der Waals surface area (Å²) in [6, 6.07) is 6.41. The SMILES string of the molecule is CC(Br)c1cn(-c2ccccc2[N+](=O)[O-])nn1. The third kappa shape index (κ3) is 2.33. The second-order valence-corrected chi connectivity index (χ2v) is 4.82. The molecule has 0 N–H and O–H groups in total.